The zero-order valence-electron chi connectivity index (χ0n) is 14.4. The second-order valence-electron chi connectivity index (χ2n) is 6.22. The van der Waals surface area contributed by atoms with E-state index in [0.29, 0.717) is 48.5 Å². The number of amides is 2. The third kappa shape index (κ3) is 3.46. The summed E-state index contributed by atoms with van der Waals surface area (Å²) in [6.07, 6.45) is 2.59. The molecule has 1 aromatic carbocycles. The van der Waals surface area contributed by atoms with Crippen LogP contribution in [0.2, 0.25) is 0 Å². The van der Waals surface area contributed by atoms with Crippen LogP contribution in [0.3, 0.4) is 0 Å². The number of rotatable bonds is 2. The van der Waals surface area contributed by atoms with Crippen molar-refractivity contribution < 1.29 is 18.7 Å². The molecule has 138 valence electrons. The number of fused-ring (bicyclic) bond motifs is 1. The van der Waals surface area contributed by atoms with Crippen molar-refractivity contribution >= 4 is 22.9 Å². The van der Waals surface area contributed by atoms with Crippen LogP contribution < -0.4 is 4.74 Å². The van der Waals surface area contributed by atoms with Crippen LogP contribution >= 0.6 is 0 Å². The van der Waals surface area contributed by atoms with Crippen molar-refractivity contribution in [3.63, 3.8) is 0 Å². The van der Waals surface area contributed by atoms with E-state index in [1.165, 1.54) is 18.3 Å². The summed E-state index contributed by atoms with van der Waals surface area (Å²) in [6.45, 7) is 1.47. The van der Waals surface area contributed by atoms with Crippen LogP contribution in [0.1, 0.15) is 10.5 Å². The van der Waals surface area contributed by atoms with E-state index in [9.17, 15) is 14.0 Å². The third-order valence-corrected chi connectivity index (χ3v) is 4.51. The highest BCUT2D eigenvalue weighted by Crippen LogP contribution is 2.20. The lowest BCUT2D eigenvalue weighted by molar-refractivity contribution is 0.0629. The minimum Gasteiger partial charge on any atom is -0.409 e. The van der Waals surface area contributed by atoms with Gasteiger partial charge in [0.2, 0.25) is 0 Å². The summed E-state index contributed by atoms with van der Waals surface area (Å²) in [6, 6.07) is 9.53. The number of pyridine rings is 1. The first-order chi connectivity index (χ1) is 13.1. The maximum atomic E-state index is 13.8. The number of hydrogen-bond acceptors (Lipinski definition) is 4. The van der Waals surface area contributed by atoms with Gasteiger partial charge < -0.3 is 19.5 Å². The fourth-order valence-electron chi connectivity index (χ4n) is 3.07. The van der Waals surface area contributed by atoms with E-state index >= 15 is 0 Å². The number of carbonyl (C=O) groups is 2. The molecule has 0 saturated carbocycles. The number of piperazine rings is 1. The van der Waals surface area contributed by atoms with Gasteiger partial charge in [-0.15, -0.1) is 0 Å². The van der Waals surface area contributed by atoms with Crippen LogP contribution in [-0.2, 0) is 0 Å². The molecule has 0 atom stereocenters. The van der Waals surface area contributed by atoms with Crippen molar-refractivity contribution in [3.05, 3.63) is 60.3 Å². The maximum absolute atomic E-state index is 13.8. The van der Waals surface area contributed by atoms with Gasteiger partial charge in [-0.25, -0.2) is 9.18 Å². The van der Waals surface area contributed by atoms with E-state index < -0.39 is 6.09 Å². The van der Waals surface area contributed by atoms with Crippen molar-refractivity contribution in [3.8, 4) is 5.75 Å². The molecule has 2 amide bonds. The van der Waals surface area contributed by atoms with Gasteiger partial charge in [0.1, 0.15) is 11.5 Å². The number of ether oxygens (including phenoxy) is 1. The lowest BCUT2D eigenvalue weighted by atomic mass is 10.2. The van der Waals surface area contributed by atoms with Gasteiger partial charge in [-0.2, -0.15) is 0 Å². The Morgan fingerprint density at radius 1 is 1.07 bits per heavy atom. The fourth-order valence-corrected chi connectivity index (χ4v) is 3.07. The highest BCUT2D eigenvalue weighted by Gasteiger charge is 2.27. The summed E-state index contributed by atoms with van der Waals surface area (Å²) in [4.78, 5) is 34.9. The minimum absolute atomic E-state index is 0.217. The summed E-state index contributed by atoms with van der Waals surface area (Å²) in [7, 11) is 0. The van der Waals surface area contributed by atoms with E-state index in [-0.39, 0.29) is 11.7 Å². The number of H-pyrrole nitrogens is 1. The predicted octanol–water partition coefficient (Wildman–Crippen LogP) is 2.66. The second kappa shape index (κ2) is 7.06. The summed E-state index contributed by atoms with van der Waals surface area (Å²) in [5.41, 5.74) is 0.915. The molecule has 1 fully saturated rings. The van der Waals surface area contributed by atoms with Gasteiger partial charge >= 0.3 is 6.09 Å². The van der Waals surface area contributed by atoms with Crippen molar-refractivity contribution in [2.45, 2.75) is 0 Å². The summed E-state index contributed by atoms with van der Waals surface area (Å²) >= 11 is 0. The van der Waals surface area contributed by atoms with E-state index in [4.69, 9.17) is 4.74 Å². The van der Waals surface area contributed by atoms with Crippen molar-refractivity contribution in [1.82, 2.24) is 19.8 Å². The van der Waals surface area contributed by atoms with Gasteiger partial charge in [0.05, 0.1) is 6.20 Å². The Morgan fingerprint density at radius 3 is 2.56 bits per heavy atom. The van der Waals surface area contributed by atoms with Gasteiger partial charge in [-0.3, -0.25) is 9.78 Å². The lowest BCUT2D eigenvalue weighted by Gasteiger charge is -2.33. The van der Waals surface area contributed by atoms with Crippen LogP contribution in [0.15, 0.2) is 48.8 Å². The number of halogens is 1. The Morgan fingerprint density at radius 2 is 1.85 bits per heavy atom. The fraction of sp³-hybridized carbons (Fsp3) is 0.211. The average molecular weight is 368 g/mol. The molecule has 1 aliphatic heterocycles. The molecule has 2 aromatic heterocycles. The third-order valence-electron chi connectivity index (χ3n) is 4.51. The van der Waals surface area contributed by atoms with Crippen molar-refractivity contribution in [1.29, 1.82) is 0 Å². The van der Waals surface area contributed by atoms with Gasteiger partial charge in [0, 0.05) is 43.3 Å². The molecule has 0 bridgehead atoms. The van der Waals surface area contributed by atoms with Crippen molar-refractivity contribution in [2.75, 3.05) is 26.2 Å². The Balaban J connectivity index is 1.39. The van der Waals surface area contributed by atoms with Gasteiger partial charge in [0.25, 0.3) is 5.91 Å². The summed E-state index contributed by atoms with van der Waals surface area (Å²) < 4.78 is 19.1. The summed E-state index contributed by atoms with van der Waals surface area (Å²) in [5, 5.41) is 0.388. The molecule has 3 aromatic rings. The van der Waals surface area contributed by atoms with E-state index in [1.807, 2.05) is 0 Å². The first kappa shape index (κ1) is 17.0. The largest absolute Gasteiger partial charge is 0.415 e. The van der Waals surface area contributed by atoms with E-state index in [2.05, 4.69) is 9.97 Å². The molecule has 0 radical (unpaired) electrons. The van der Waals surface area contributed by atoms with Gasteiger partial charge in [-0.05, 0) is 30.3 Å². The number of nitrogens with zero attached hydrogens (tertiary/aromatic N) is 3. The number of hydrogen-bond donors (Lipinski definition) is 1. The molecule has 1 N–H and O–H groups in total. The topological polar surface area (TPSA) is 78.5 Å². The average Bonchev–Trinajstić information content (AvgIpc) is 3.14. The first-order valence-corrected chi connectivity index (χ1v) is 8.55. The SMILES string of the molecule is O=C(Oc1cccnc1)N1CCN(C(=O)c2cc3c(F)cccc3[nH]2)CC1. The number of aromatic nitrogens is 2. The highest BCUT2D eigenvalue weighted by molar-refractivity contribution is 5.98. The molecule has 0 aliphatic carbocycles. The van der Waals surface area contributed by atoms with E-state index in [0.717, 1.165) is 0 Å². The Labute approximate surface area is 154 Å². The molecule has 0 unspecified atom stereocenters. The first-order valence-electron chi connectivity index (χ1n) is 8.55. The monoisotopic (exact) mass is 368 g/mol. The zero-order chi connectivity index (χ0) is 18.8. The van der Waals surface area contributed by atoms with Gasteiger partial charge in [0.15, 0.2) is 5.75 Å². The van der Waals surface area contributed by atoms with E-state index in [1.54, 1.807) is 40.3 Å². The maximum Gasteiger partial charge on any atom is 0.415 e. The Hall–Kier alpha value is -3.42. The van der Waals surface area contributed by atoms with Gasteiger partial charge in [-0.1, -0.05) is 6.07 Å². The van der Waals surface area contributed by atoms with Crippen LogP contribution in [0, 0.1) is 5.82 Å². The minimum atomic E-state index is -0.470. The second-order valence-corrected chi connectivity index (χ2v) is 6.22. The summed E-state index contributed by atoms with van der Waals surface area (Å²) in [5.74, 6) is -0.210. The van der Waals surface area contributed by atoms with Crippen LogP contribution in [-0.4, -0.2) is 57.9 Å². The predicted molar refractivity (Wildman–Crippen MR) is 96.0 cm³/mol. The molecule has 4 rings (SSSR count). The van der Waals surface area contributed by atoms with Crippen LogP contribution in [0.4, 0.5) is 9.18 Å². The van der Waals surface area contributed by atoms with Crippen molar-refractivity contribution in [2.24, 2.45) is 0 Å². The standard InChI is InChI=1S/C19H17FN4O3/c20-15-4-1-5-16-14(15)11-17(22-16)18(25)23-7-9-24(10-8-23)19(26)27-13-3-2-6-21-12-13/h1-6,11-12,22H,7-10H2. The number of nitrogens with one attached hydrogen (secondary N) is 1. The smallest absolute Gasteiger partial charge is 0.409 e. The molecule has 7 nitrogen and oxygen atoms in total. The Kier molecular flexibility index (Phi) is 4.45. The molecule has 0 spiro atoms. The lowest BCUT2D eigenvalue weighted by Crippen LogP contribution is -2.51. The quantitative estimate of drug-likeness (QED) is 0.754. The molecular formula is C19H17FN4O3. The number of aromatic amines is 1. The Bertz CT molecular complexity index is 981. The zero-order valence-corrected chi connectivity index (χ0v) is 14.4. The van der Waals surface area contributed by atoms with Crippen LogP contribution in [0.5, 0.6) is 5.75 Å². The normalized spacial score (nSPS) is 14.4. The van der Waals surface area contributed by atoms with Crippen LogP contribution in [0.25, 0.3) is 10.9 Å². The molecule has 8 heteroatoms. The number of carbonyl (C=O) groups excluding carboxylic acids is 2. The molecule has 1 saturated heterocycles. The number of benzene rings is 1. The molecule has 27 heavy (non-hydrogen) atoms. The molecular weight excluding hydrogens is 351 g/mol. The molecule has 3 heterocycles. The molecule has 1 aliphatic rings. The highest BCUT2D eigenvalue weighted by atomic mass is 19.1.